The fraction of sp³-hybridized carbons (Fsp3) is 0.455. The molecule has 0 amide bonds. The minimum atomic E-state index is -0.176. The van der Waals surface area contributed by atoms with Crippen molar-refractivity contribution in [2.75, 3.05) is 44.3 Å². The smallest absolute Gasteiger partial charge is 0.157 e. The number of ether oxygens (including phenoxy) is 1. The third-order valence-electron chi connectivity index (χ3n) is 5.55. The lowest BCUT2D eigenvalue weighted by atomic mass is 10.1. The summed E-state index contributed by atoms with van der Waals surface area (Å²) in [6.45, 7) is 9.90. The van der Waals surface area contributed by atoms with Gasteiger partial charge in [-0.1, -0.05) is 18.2 Å². The molecule has 148 valence electrons. The third-order valence-corrected chi connectivity index (χ3v) is 5.55. The highest BCUT2D eigenvalue weighted by Crippen LogP contribution is 2.26. The number of aromatic nitrogens is 2. The molecule has 0 unspecified atom stereocenters. The van der Waals surface area contributed by atoms with E-state index in [1.165, 1.54) is 11.6 Å². The van der Waals surface area contributed by atoms with Gasteiger partial charge >= 0.3 is 0 Å². The van der Waals surface area contributed by atoms with Crippen molar-refractivity contribution in [3.8, 4) is 0 Å². The summed E-state index contributed by atoms with van der Waals surface area (Å²) < 4.78 is 18.9. The molecule has 1 fully saturated rings. The Morgan fingerprint density at radius 1 is 1.11 bits per heavy atom. The first-order valence-corrected chi connectivity index (χ1v) is 9.94. The molecule has 3 heterocycles. The van der Waals surface area contributed by atoms with Crippen LogP contribution in [-0.4, -0.2) is 54.3 Å². The van der Waals surface area contributed by atoms with Gasteiger partial charge in [0.15, 0.2) is 5.82 Å². The Labute approximate surface area is 165 Å². The van der Waals surface area contributed by atoms with Gasteiger partial charge in [-0.15, -0.1) is 0 Å². The quantitative estimate of drug-likeness (QED) is 0.811. The van der Waals surface area contributed by atoms with E-state index in [4.69, 9.17) is 14.7 Å². The third kappa shape index (κ3) is 4.23. The summed E-state index contributed by atoms with van der Waals surface area (Å²) in [6.07, 6.45) is 3.12. The largest absolute Gasteiger partial charge is 0.378 e. The van der Waals surface area contributed by atoms with Gasteiger partial charge in [-0.3, -0.25) is 4.90 Å². The first-order valence-electron chi connectivity index (χ1n) is 9.94. The Kier molecular flexibility index (Phi) is 5.69. The zero-order chi connectivity index (χ0) is 19.5. The van der Waals surface area contributed by atoms with Crippen LogP contribution < -0.4 is 4.90 Å². The van der Waals surface area contributed by atoms with E-state index in [2.05, 4.69) is 29.7 Å². The van der Waals surface area contributed by atoms with Crippen molar-refractivity contribution in [2.45, 2.75) is 26.8 Å². The summed E-state index contributed by atoms with van der Waals surface area (Å²) in [4.78, 5) is 14.3. The van der Waals surface area contributed by atoms with E-state index >= 15 is 0 Å². The van der Waals surface area contributed by atoms with Crippen molar-refractivity contribution in [3.63, 3.8) is 0 Å². The molecule has 5 nitrogen and oxygen atoms in total. The molecule has 2 aliphatic rings. The number of rotatable bonds is 4. The number of hydrogen-bond acceptors (Lipinski definition) is 5. The van der Waals surface area contributed by atoms with Crippen molar-refractivity contribution < 1.29 is 9.13 Å². The number of aryl methyl sites for hydroxylation is 1. The van der Waals surface area contributed by atoms with E-state index < -0.39 is 0 Å². The van der Waals surface area contributed by atoms with E-state index in [0.717, 1.165) is 80.8 Å². The second-order valence-corrected chi connectivity index (χ2v) is 7.53. The van der Waals surface area contributed by atoms with Crippen LogP contribution in [0.25, 0.3) is 5.57 Å². The highest BCUT2D eigenvalue weighted by molar-refractivity contribution is 5.64. The number of halogens is 1. The lowest BCUT2D eigenvalue weighted by molar-refractivity contribution is 0.122. The summed E-state index contributed by atoms with van der Waals surface area (Å²) in [5.41, 5.74) is 4.39. The van der Waals surface area contributed by atoms with Crippen molar-refractivity contribution in [1.29, 1.82) is 0 Å². The fourth-order valence-electron chi connectivity index (χ4n) is 3.79. The minimum absolute atomic E-state index is 0.176. The van der Waals surface area contributed by atoms with Crippen LogP contribution in [0.2, 0.25) is 0 Å². The Hall–Kier alpha value is -2.31. The maximum Gasteiger partial charge on any atom is 0.157 e. The van der Waals surface area contributed by atoms with E-state index in [0.29, 0.717) is 0 Å². The molecule has 4 rings (SSSR count). The molecular formula is C22H27FN4O. The standard InChI is InChI=1S/C22H27FN4O/c1-16-17(2)24-21(25-22(16)27-10-12-28-13-11-27)19-6-8-26(9-7-19)15-18-4-3-5-20(23)14-18/h3-6,14H,7-13,15H2,1-2H3. The fourth-order valence-corrected chi connectivity index (χ4v) is 3.79. The first kappa shape index (κ1) is 19.0. The molecule has 0 atom stereocenters. The summed E-state index contributed by atoms with van der Waals surface area (Å²) in [5, 5.41) is 0. The summed E-state index contributed by atoms with van der Waals surface area (Å²) in [6, 6.07) is 6.84. The highest BCUT2D eigenvalue weighted by atomic mass is 19.1. The lowest BCUT2D eigenvalue weighted by Gasteiger charge is -2.30. The van der Waals surface area contributed by atoms with E-state index in [-0.39, 0.29) is 5.82 Å². The molecule has 0 saturated carbocycles. The lowest BCUT2D eigenvalue weighted by Crippen LogP contribution is -2.37. The molecular weight excluding hydrogens is 355 g/mol. The van der Waals surface area contributed by atoms with Crippen LogP contribution in [0.1, 0.15) is 29.1 Å². The van der Waals surface area contributed by atoms with Gasteiger partial charge < -0.3 is 9.64 Å². The van der Waals surface area contributed by atoms with E-state index in [9.17, 15) is 4.39 Å². The Bertz CT molecular complexity index is 877. The summed E-state index contributed by atoms with van der Waals surface area (Å²) in [5.74, 6) is 1.70. The molecule has 0 N–H and O–H groups in total. The molecule has 1 aromatic carbocycles. The van der Waals surface area contributed by atoms with Gasteiger partial charge in [0.25, 0.3) is 0 Å². The number of nitrogens with zero attached hydrogens (tertiary/aromatic N) is 4. The molecule has 2 aliphatic heterocycles. The normalized spacial score (nSPS) is 18.2. The van der Waals surface area contributed by atoms with E-state index in [1.54, 1.807) is 12.1 Å². The Morgan fingerprint density at radius 2 is 1.93 bits per heavy atom. The molecule has 0 radical (unpaired) electrons. The van der Waals surface area contributed by atoms with Crippen LogP contribution in [-0.2, 0) is 11.3 Å². The zero-order valence-electron chi connectivity index (χ0n) is 16.6. The zero-order valence-corrected chi connectivity index (χ0v) is 16.6. The average molecular weight is 382 g/mol. The van der Waals surface area contributed by atoms with Gasteiger partial charge in [0.2, 0.25) is 0 Å². The van der Waals surface area contributed by atoms with Gasteiger partial charge in [-0.05, 0) is 43.5 Å². The number of hydrogen-bond donors (Lipinski definition) is 0. The topological polar surface area (TPSA) is 41.5 Å². The molecule has 0 spiro atoms. The van der Waals surface area contributed by atoms with Crippen LogP contribution in [0.3, 0.4) is 0 Å². The van der Waals surface area contributed by atoms with Crippen molar-refractivity contribution in [1.82, 2.24) is 14.9 Å². The van der Waals surface area contributed by atoms with Crippen LogP contribution in [0.4, 0.5) is 10.2 Å². The second-order valence-electron chi connectivity index (χ2n) is 7.53. The second kappa shape index (κ2) is 8.37. The SMILES string of the molecule is Cc1nc(C2=CCN(Cc3cccc(F)c3)CC2)nc(N2CCOCC2)c1C. The minimum Gasteiger partial charge on any atom is -0.378 e. The maximum atomic E-state index is 13.4. The van der Waals surface area contributed by atoms with Gasteiger partial charge in [0.1, 0.15) is 11.6 Å². The number of benzene rings is 1. The molecule has 0 aliphatic carbocycles. The van der Waals surface area contributed by atoms with Crippen LogP contribution in [0, 0.1) is 19.7 Å². The number of anilines is 1. The predicted octanol–water partition coefficient (Wildman–Crippen LogP) is 3.36. The molecule has 1 aromatic heterocycles. The number of morpholine rings is 1. The monoisotopic (exact) mass is 382 g/mol. The molecule has 2 aromatic rings. The average Bonchev–Trinajstić information content (AvgIpc) is 2.71. The van der Waals surface area contributed by atoms with Gasteiger partial charge in [-0.2, -0.15) is 0 Å². The maximum absolute atomic E-state index is 13.4. The Balaban J connectivity index is 1.50. The molecule has 6 heteroatoms. The first-order chi connectivity index (χ1) is 13.6. The molecule has 1 saturated heterocycles. The van der Waals surface area contributed by atoms with Crippen molar-refractivity contribution >= 4 is 11.4 Å². The van der Waals surface area contributed by atoms with Crippen molar-refractivity contribution in [2.24, 2.45) is 0 Å². The summed E-state index contributed by atoms with van der Waals surface area (Å²) in [7, 11) is 0. The molecule has 0 bridgehead atoms. The highest BCUT2D eigenvalue weighted by Gasteiger charge is 2.21. The van der Waals surface area contributed by atoms with Gasteiger partial charge in [-0.25, -0.2) is 14.4 Å². The van der Waals surface area contributed by atoms with E-state index in [1.807, 2.05) is 6.07 Å². The van der Waals surface area contributed by atoms with Crippen molar-refractivity contribution in [3.05, 3.63) is 58.8 Å². The molecule has 28 heavy (non-hydrogen) atoms. The van der Waals surface area contributed by atoms with Crippen LogP contribution >= 0.6 is 0 Å². The Morgan fingerprint density at radius 3 is 2.64 bits per heavy atom. The van der Waals surface area contributed by atoms with Gasteiger partial charge in [0, 0.05) is 44.0 Å². The predicted molar refractivity (Wildman–Crippen MR) is 109 cm³/mol. The summed E-state index contributed by atoms with van der Waals surface area (Å²) >= 11 is 0. The van der Waals surface area contributed by atoms with Crippen LogP contribution in [0.5, 0.6) is 0 Å². The van der Waals surface area contributed by atoms with Crippen LogP contribution in [0.15, 0.2) is 30.3 Å². The van der Waals surface area contributed by atoms with Gasteiger partial charge in [0.05, 0.1) is 13.2 Å².